The second-order valence-electron chi connectivity index (χ2n) is 8.15. The fourth-order valence-electron chi connectivity index (χ4n) is 3.92. The molecule has 0 atom stereocenters. The summed E-state index contributed by atoms with van der Waals surface area (Å²) >= 11 is 0. The average Bonchev–Trinajstić information content (AvgIpc) is 3.27. The molecule has 0 saturated carbocycles. The van der Waals surface area contributed by atoms with Crippen molar-refractivity contribution in [1.29, 1.82) is 0 Å². The molecule has 4 rings (SSSR count). The van der Waals surface area contributed by atoms with Gasteiger partial charge in [-0.05, 0) is 23.8 Å². The maximum Gasteiger partial charge on any atom is 0.416 e. The lowest BCUT2D eigenvalue weighted by molar-refractivity contribution is -0.00789. The van der Waals surface area contributed by atoms with E-state index in [1.165, 1.54) is 4.57 Å². The molecule has 3 heterocycles. The van der Waals surface area contributed by atoms with Crippen LogP contribution in [0.1, 0.15) is 0 Å². The van der Waals surface area contributed by atoms with Gasteiger partial charge >= 0.3 is 6.09 Å². The molecule has 0 amide bonds. The summed E-state index contributed by atoms with van der Waals surface area (Å²) in [7, 11) is 0. The molecule has 38 heavy (non-hydrogen) atoms. The Morgan fingerprint density at radius 1 is 0.737 bits per heavy atom. The molecule has 0 bridgehead atoms. The number of fused-ring (bicyclic) bond motifs is 3. The van der Waals surface area contributed by atoms with Crippen LogP contribution in [0.5, 0.6) is 5.88 Å². The zero-order chi connectivity index (χ0) is 26.6. The highest BCUT2D eigenvalue weighted by Gasteiger charge is 2.16. The number of hydrogen-bond acceptors (Lipinski definition) is 9. The molecular formula is C27H31N3O8. The second-order valence-corrected chi connectivity index (χ2v) is 8.15. The smallest absolute Gasteiger partial charge is 0.416 e. The first-order chi connectivity index (χ1) is 18.7. The SMILES string of the molecule is O=C(O)n1c2ccncc2c2ccc(-c3ccc(OCCOCCOCCOCCOCCO)nc3)cc21. The number of ether oxygens (including phenoxy) is 5. The molecule has 0 fully saturated rings. The fraction of sp³-hybridized carbons (Fsp3) is 0.370. The van der Waals surface area contributed by atoms with Crippen molar-refractivity contribution in [3.63, 3.8) is 0 Å². The second kappa shape index (κ2) is 14.4. The Morgan fingerprint density at radius 2 is 1.39 bits per heavy atom. The third kappa shape index (κ3) is 7.24. The molecule has 0 saturated heterocycles. The molecule has 0 radical (unpaired) electrons. The lowest BCUT2D eigenvalue weighted by atomic mass is 10.1. The Hall–Kier alpha value is -3.61. The van der Waals surface area contributed by atoms with E-state index < -0.39 is 6.09 Å². The summed E-state index contributed by atoms with van der Waals surface area (Å²) in [6, 6.07) is 11.0. The predicted molar refractivity (Wildman–Crippen MR) is 140 cm³/mol. The average molecular weight is 526 g/mol. The summed E-state index contributed by atoms with van der Waals surface area (Å²) in [4.78, 5) is 20.4. The van der Waals surface area contributed by atoms with Crippen LogP contribution in [0.15, 0.2) is 55.0 Å². The quantitative estimate of drug-likeness (QED) is 0.210. The van der Waals surface area contributed by atoms with Gasteiger partial charge in [-0.3, -0.25) is 4.98 Å². The Bertz CT molecular complexity index is 1310. The molecule has 3 aromatic heterocycles. The maximum atomic E-state index is 11.9. The third-order valence-corrected chi connectivity index (χ3v) is 5.66. The normalized spacial score (nSPS) is 11.4. The van der Waals surface area contributed by atoms with E-state index in [-0.39, 0.29) is 6.61 Å². The van der Waals surface area contributed by atoms with E-state index in [0.29, 0.717) is 76.4 Å². The zero-order valence-corrected chi connectivity index (χ0v) is 21.0. The molecule has 0 spiro atoms. The highest BCUT2D eigenvalue weighted by molar-refractivity contribution is 6.12. The maximum absolute atomic E-state index is 11.9. The van der Waals surface area contributed by atoms with E-state index in [1.807, 2.05) is 24.3 Å². The first-order valence-corrected chi connectivity index (χ1v) is 12.3. The predicted octanol–water partition coefficient (Wildman–Crippen LogP) is 3.22. The number of nitrogens with zero attached hydrogens (tertiary/aromatic N) is 3. The molecule has 0 unspecified atom stereocenters. The van der Waals surface area contributed by atoms with Gasteiger partial charge < -0.3 is 33.9 Å². The summed E-state index contributed by atoms with van der Waals surface area (Å²) in [5, 5.41) is 20.0. The number of carbonyl (C=O) groups is 1. The van der Waals surface area contributed by atoms with Crippen LogP contribution in [-0.4, -0.2) is 96.9 Å². The van der Waals surface area contributed by atoms with Gasteiger partial charge in [0, 0.05) is 41.0 Å². The van der Waals surface area contributed by atoms with E-state index in [0.717, 1.165) is 21.9 Å². The van der Waals surface area contributed by atoms with Gasteiger partial charge in [-0.1, -0.05) is 12.1 Å². The van der Waals surface area contributed by atoms with Crippen LogP contribution in [0.4, 0.5) is 4.79 Å². The number of carboxylic acid groups (broad SMARTS) is 1. The van der Waals surface area contributed by atoms with Gasteiger partial charge in [0.05, 0.1) is 70.5 Å². The van der Waals surface area contributed by atoms with Crippen molar-refractivity contribution in [2.24, 2.45) is 0 Å². The Balaban J connectivity index is 1.18. The minimum absolute atomic E-state index is 0.0119. The molecule has 11 heteroatoms. The van der Waals surface area contributed by atoms with Crippen molar-refractivity contribution in [2.75, 3.05) is 66.1 Å². The van der Waals surface area contributed by atoms with Gasteiger partial charge in [-0.2, -0.15) is 0 Å². The van der Waals surface area contributed by atoms with Crippen molar-refractivity contribution in [3.05, 3.63) is 55.0 Å². The number of rotatable bonds is 16. The molecule has 0 aliphatic carbocycles. The summed E-state index contributed by atoms with van der Waals surface area (Å²) in [5.41, 5.74) is 2.88. The van der Waals surface area contributed by atoms with Crippen LogP contribution in [0.3, 0.4) is 0 Å². The van der Waals surface area contributed by atoms with E-state index in [9.17, 15) is 9.90 Å². The van der Waals surface area contributed by atoms with Crippen molar-refractivity contribution in [3.8, 4) is 17.0 Å². The Labute approximate surface area is 219 Å². The van der Waals surface area contributed by atoms with Gasteiger partial charge in [-0.25, -0.2) is 14.3 Å². The van der Waals surface area contributed by atoms with Gasteiger partial charge in [0.2, 0.25) is 5.88 Å². The van der Waals surface area contributed by atoms with Crippen LogP contribution < -0.4 is 4.74 Å². The van der Waals surface area contributed by atoms with Gasteiger partial charge in [-0.15, -0.1) is 0 Å². The van der Waals surface area contributed by atoms with Crippen LogP contribution in [0.25, 0.3) is 32.9 Å². The number of aliphatic hydroxyl groups is 1. The number of hydrogen-bond donors (Lipinski definition) is 2. The topological polar surface area (TPSA) is 134 Å². The summed E-state index contributed by atoms with van der Waals surface area (Å²) in [5.74, 6) is 0.473. The van der Waals surface area contributed by atoms with Gasteiger partial charge in [0.15, 0.2) is 0 Å². The molecule has 202 valence electrons. The third-order valence-electron chi connectivity index (χ3n) is 5.66. The first kappa shape index (κ1) is 27.4. The van der Waals surface area contributed by atoms with Crippen molar-refractivity contribution in [1.82, 2.24) is 14.5 Å². The molecular weight excluding hydrogens is 494 g/mol. The largest absolute Gasteiger partial charge is 0.475 e. The number of aliphatic hydroxyl groups excluding tert-OH is 1. The molecule has 0 aliphatic heterocycles. The van der Waals surface area contributed by atoms with E-state index in [4.69, 9.17) is 28.8 Å². The molecule has 1 aromatic carbocycles. The standard InChI is InChI=1S/C27H31N3O8/c31-7-8-34-9-10-35-11-12-36-13-14-37-15-16-38-26-4-2-21(18-29-26)20-1-3-22-23-19-28-6-5-24(23)30(27(32)33)25(22)17-20/h1-6,17-19,31H,7-16H2,(H,32,33). The van der Waals surface area contributed by atoms with E-state index >= 15 is 0 Å². The van der Waals surface area contributed by atoms with Gasteiger partial charge in [0.1, 0.15) is 6.61 Å². The highest BCUT2D eigenvalue weighted by Crippen LogP contribution is 2.32. The Morgan fingerprint density at radius 3 is 2.03 bits per heavy atom. The molecule has 2 N–H and O–H groups in total. The summed E-state index contributed by atoms with van der Waals surface area (Å²) < 4.78 is 28.3. The van der Waals surface area contributed by atoms with Gasteiger partial charge in [0.25, 0.3) is 0 Å². The van der Waals surface area contributed by atoms with E-state index in [2.05, 4.69) is 9.97 Å². The van der Waals surface area contributed by atoms with Crippen LogP contribution >= 0.6 is 0 Å². The lowest BCUT2D eigenvalue weighted by Crippen LogP contribution is -2.14. The molecule has 4 aromatic rings. The monoisotopic (exact) mass is 525 g/mol. The fourth-order valence-corrected chi connectivity index (χ4v) is 3.92. The minimum atomic E-state index is -1.05. The van der Waals surface area contributed by atoms with Crippen molar-refractivity contribution in [2.45, 2.75) is 0 Å². The number of aromatic nitrogens is 3. The summed E-state index contributed by atoms with van der Waals surface area (Å²) in [6.45, 7) is 3.85. The van der Waals surface area contributed by atoms with Crippen LogP contribution in [-0.2, 0) is 18.9 Å². The summed E-state index contributed by atoms with van der Waals surface area (Å²) in [6.07, 6.45) is 3.91. The zero-order valence-electron chi connectivity index (χ0n) is 21.0. The first-order valence-electron chi connectivity index (χ1n) is 12.3. The Kier molecular flexibility index (Phi) is 10.4. The van der Waals surface area contributed by atoms with Crippen molar-refractivity contribution >= 4 is 27.9 Å². The number of pyridine rings is 2. The lowest BCUT2D eigenvalue weighted by Gasteiger charge is -2.09. The van der Waals surface area contributed by atoms with Crippen LogP contribution in [0.2, 0.25) is 0 Å². The number of benzene rings is 1. The molecule has 11 nitrogen and oxygen atoms in total. The van der Waals surface area contributed by atoms with Crippen LogP contribution in [0, 0.1) is 0 Å². The minimum Gasteiger partial charge on any atom is -0.475 e. The molecule has 0 aliphatic rings. The highest BCUT2D eigenvalue weighted by atomic mass is 16.6. The van der Waals surface area contributed by atoms with Crippen molar-refractivity contribution < 1.29 is 38.7 Å². The van der Waals surface area contributed by atoms with E-state index in [1.54, 1.807) is 30.7 Å².